The van der Waals surface area contributed by atoms with Gasteiger partial charge >= 0.3 is 6.09 Å². The van der Waals surface area contributed by atoms with Gasteiger partial charge in [0.25, 0.3) is 11.5 Å². The lowest BCUT2D eigenvalue weighted by molar-refractivity contribution is -0.135. The summed E-state index contributed by atoms with van der Waals surface area (Å²) >= 11 is 0. The molecule has 0 bridgehead atoms. The molecule has 1 aliphatic rings. The number of nitrogens with zero attached hydrogens (tertiary/aromatic N) is 6. The van der Waals surface area contributed by atoms with Crippen LogP contribution in [-0.2, 0) is 9.53 Å². The topological polar surface area (TPSA) is 111 Å². The van der Waals surface area contributed by atoms with E-state index in [1.807, 2.05) is 71.0 Å². The molecule has 0 unspecified atom stereocenters. The molecule has 1 saturated heterocycles. The highest BCUT2D eigenvalue weighted by Gasteiger charge is 2.28. The first-order valence-corrected chi connectivity index (χ1v) is 14.1. The second-order valence-corrected chi connectivity index (χ2v) is 11.5. The van der Waals surface area contributed by atoms with E-state index in [4.69, 9.17) is 14.6 Å². The van der Waals surface area contributed by atoms with Crippen LogP contribution in [0.5, 0.6) is 5.75 Å². The third-order valence-electron chi connectivity index (χ3n) is 6.87. The lowest BCUT2D eigenvalue weighted by atomic mass is 10.0. The molecule has 0 N–H and O–H groups in total. The highest BCUT2D eigenvalue weighted by molar-refractivity contribution is 5.91. The van der Waals surface area contributed by atoms with Crippen molar-refractivity contribution in [2.75, 3.05) is 32.8 Å². The van der Waals surface area contributed by atoms with E-state index < -0.39 is 5.60 Å². The smallest absolute Gasteiger partial charge is 0.410 e. The first-order chi connectivity index (χ1) is 20.0. The second kappa shape index (κ2) is 11.7. The number of carbonyl (C=O) groups excluding carboxylic acids is 2. The van der Waals surface area contributed by atoms with Gasteiger partial charge in [-0.15, -0.1) is 0 Å². The average molecular weight is 573 g/mol. The van der Waals surface area contributed by atoms with Crippen molar-refractivity contribution in [3.63, 3.8) is 0 Å². The van der Waals surface area contributed by atoms with Crippen LogP contribution in [0.2, 0.25) is 0 Å². The van der Waals surface area contributed by atoms with Crippen molar-refractivity contribution < 1.29 is 19.1 Å². The predicted octanol–water partition coefficient (Wildman–Crippen LogP) is 4.26. The number of hydrogen-bond donors (Lipinski definition) is 0. The molecule has 0 aliphatic carbocycles. The van der Waals surface area contributed by atoms with Crippen LogP contribution in [0.3, 0.4) is 0 Å². The minimum absolute atomic E-state index is 0.115. The second-order valence-electron chi connectivity index (χ2n) is 11.5. The average Bonchev–Trinajstić information content (AvgIpc) is 3.34. The van der Waals surface area contributed by atoms with Gasteiger partial charge in [-0.3, -0.25) is 9.59 Å². The van der Waals surface area contributed by atoms with E-state index in [-0.39, 0.29) is 30.2 Å². The van der Waals surface area contributed by atoms with Crippen molar-refractivity contribution in [1.82, 2.24) is 29.2 Å². The number of ether oxygens (including phenoxy) is 2. The zero-order chi connectivity index (χ0) is 30.0. The van der Waals surface area contributed by atoms with Crippen LogP contribution in [-0.4, -0.2) is 79.6 Å². The van der Waals surface area contributed by atoms with Crippen molar-refractivity contribution >= 4 is 17.5 Å². The van der Waals surface area contributed by atoms with E-state index in [1.165, 1.54) is 10.7 Å². The zero-order valence-electron chi connectivity index (χ0n) is 24.6. The highest BCUT2D eigenvalue weighted by atomic mass is 16.6. The lowest BCUT2D eigenvalue weighted by Gasteiger charge is -2.35. The number of benzene rings is 1. The van der Waals surface area contributed by atoms with Gasteiger partial charge in [0.15, 0.2) is 6.61 Å². The van der Waals surface area contributed by atoms with Gasteiger partial charge in [-0.25, -0.2) is 14.0 Å². The molecule has 220 valence electrons. The standard InChI is InChI=1S/C31H36N6O5/c1-21(2)37-26(38)12-11-24(32-37)28-25-19-23(13-14-36(25)33-29(28)22-9-7-6-8-10-22)41-20-27(39)34-15-17-35(18-16-34)30(40)42-31(3,4)5/h6-14,19,21H,15-18,20H2,1-5H3. The Bertz CT molecular complexity index is 1650. The number of piperazine rings is 1. The van der Waals surface area contributed by atoms with Gasteiger partial charge in [0.1, 0.15) is 17.0 Å². The van der Waals surface area contributed by atoms with Crippen LogP contribution in [0, 0.1) is 0 Å². The molecule has 0 spiro atoms. The zero-order valence-corrected chi connectivity index (χ0v) is 24.6. The maximum atomic E-state index is 13.0. The molecule has 42 heavy (non-hydrogen) atoms. The molecule has 11 heteroatoms. The SMILES string of the molecule is CC(C)n1nc(-c2c(-c3ccccc3)nn3ccc(OCC(=O)N4CCN(C(=O)OC(C)(C)C)CC4)cc23)ccc1=O. The summed E-state index contributed by atoms with van der Waals surface area (Å²) in [5, 5.41) is 9.49. The van der Waals surface area contributed by atoms with Gasteiger partial charge in [-0.05, 0) is 46.8 Å². The number of hydrogen-bond acceptors (Lipinski definition) is 7. The number of rotatable bonds is 6. The first kappa shape index (κ1) is 28.8. The van der Waals surface area contributed by atoms with Gasteiger partial charge in [0, 0.05) is 50.1 Å². The Hall–Kier alpha value is -4.67. The lowest BCUT2D eigenvalue weighted by Crippen LogP contribution is -2.52. The fourth-order valence-electron chi connectivity index (χ4n) is 4.80. The van der Waals surface area contributed by atoms with Crippen molar-refractivity contribution in [2.45, 2.75) is 46.3 Å². The molecular weight excluding hydrogens is 536 g/mol. The normalized spacial score (nSPS) is 14.0. The summed E-state index contributed by atoms with van der Waals surface area (Å²) in [6.07, 6.45) is 1.41. The molecule has 1 fully saturated rings. The summed E-state index contributed by atoms with van der Waals surface area (Å²) in [5.74, 6) is 0.337. The maximum Gasteiger partial charge on any atom is 0.410 e. The van der Waals surface area contributed by atoms with Crippen LogP contribution in [0.4, 0.5) is 4.79 Å². The number of pyridine rings is 1. The highest BCUT2D eigenvalue weighted by Crippen LogP contribution is 2.35. The minimum atomic E-state index is -0.568. The Kier molecular flexibility index (Phi) is 8.02. The van der Waals surface area contributed by atoms with Crippen molar-refractivity contribution in [2.24, 2.45) is 0 Å². The van der Waals surface area contributed by atoms with Gasteiger partial charge < -0.3 is 19.3 Å². The van der Waals surface area contributed by atoms with E-state index >= 15 is 0 Å². The predicted molar refractivity (Wildman–Crippen MR) is 158 cm³/mol. The Labute approximate surface area is 244 Å². The van der Waals surface area contributed by atoms with Crippen LogP contribution in [0.15, 0.2) is 65.6 Å². The monoisotopic (exact) mass is 572 g/mol. The molecule has 0 saturated carbocycles. The van der Waals surface area contributed by atoms with E-state index in [2.05, 4.69) is 5.10 Å². The summed E-state index contributed by atoms with van der Waals surface area (Å²) in [7, 11) is 0. The van der Waals surface area contributed by atoms with E-state index in [1.54, 1.807) is 32.6 Å². The third-order valence-corrected chi connectivity index (χ3v) is 6.87. The molecule has 2 amide bonds. The molecule has 3 aromatic heterocycles. The van der Waals surface area contributed by atoms with Crippen LogP contribution < -0.4 is 10.3 Å². The van der Waals surface area contributed by atoms with Crippen molar-refractivity contribution in [3.8, 4) is 28.3 Å². The van der Waals surface area contributed by atoms with E-state index in [0.29, 0.717) is 43.3 Å². The van der Waals surface area contributed by atoms with Gasteiger partial charge in [0.2, 0.25) is 0 Å². The first-order valence-electron chi connectivity index (χ1n) is 14.1. The maximum absolute atomic E-state index is 13.0. The fourth-order valence-corrected chi connectivity index (χ4v) is 4.80. The quantitative estimate of drug-likeness (QED) is 0.339. The molecule has 4 aromatic rings. The summed E-state index contributed by atoms with van der Waals surface area (Å²) < 4.78 is 14.6. The molecular formula is C31H36N6O5. The molecule has 4 heterocycles. The largest absolute Gasteiger partial charge is 0.484 e. The minimum Gasteiger partial charge on any atom is -0.484 e. The van der Waals surface area contributed by atoms with E-state index in [0.717, 1.165) is 16.6 Å². The summed E-state index contributed by atoms with van der Waals surface area (Å²) in [4.78, 5) is 41.0. The number of fused-ring (bicyclic) bond motifs is 1. The Morgan fingerprint density at radius 3 is 2.29 bits per heavy atom. The number of amides is 2. The van der Waals surface area contributed by atoms with Crippen LogP contribution in [0.1, 0.15) is 40.7 Å². The Balaban J connectivity index is 1.37. The third kappa shape index (κ3) is 6.29. The van der Waals surface area contributed by atoms with Gasteiger partial charge in [-0.1, -0.05) is 30.3 Å². The van der Waals surface area contributed by atoms with Gasteiger partial charge in [0.05, 0.1) is 22.8 Å². The fraction of sp³-hybridized carbons (Fsp3) is 0.387. The van der Waals surface area contributed by atoms with Crippen molar-refractivity contribution in [3.05, 3.63) is 71.1 Å². The molecule has 0 radical (unpaired) electrons. The Morgan fingerprint density at radius 2 is 1.62 bits per heavy atom. The number of carbonyl (C=O) groups is 2. The van der Waals surface area contributed by atoms with Crippen LogP contribution >= 0.6 is 0 Å². The molecule has 11 nitrogen and oxygen atoms in total. The van der Waals surface area contributed by atoms with Crippen LogP contribution in [0.25, 0.3) is 28.0 Å². The molecule has 1 aliphatic heterocycles. The van der Waals surface area contributed by atoms with Crippen molar-refractivity contribution in [1.29, 1.82) is 0 Å². The Morgan fingerprint density at radius 1 is 0.929 bits per heavy atom. The molecule has 5 rings (SSSR count). The summed E-state index contributed by atoms with van der Waals surface area (Å²) in [6.45, 7) is 10.8. The number of aromatic nitrogens is 4. The molecule has 1 aromatic carbocycles. The summed E-state index contributed by atoms with van der Waals surface area (Å²) in [5.41, 5.74) is 2.96. The van der Waals surface area contributed by atoms with E-state index in [9.17, 15) is 14.4 Å². The van der Waals surface area contributed by atoms with Gasteiger partial charge in [-0.2, -0.15) is 10.2 Å². The summed E-state index contributed by atoms with van der Waals surface area (Å²) in [6, 6.07) is 16.5. The molecule has 0 atom stereocenters.